The van der Waals surface area contributed by atoms with E-state index < -0.39 is 0 Å². The number of unbranched alkanes of at least 4 members (excludes halogenated alkanes) is 5. The number of carbonyl (C=O) groups is 1. The Morgan fingerprint density at radius 2 is 1.75 bits per heavy atom. The molecule has 0 spiro atoms. The third kappa shape index (κ3) is 4.52. The lowest BCUT2D eigenvalue weighted by atomic mass is 9.93. The van der Waals surface area contributed by atoms with Gasteiger partial charge in [-0.05, 0) is 13.3 Å². The molecule has 3 nitrogen and oxygen atoms in total. The van der Waals surface area contributed by atoms with Crippen molar-refractivity contribution in [2.24, 2.45) is 5.73 Å². The number of carbonyl (C=O) groups excluding carboxylic acids is 1. The van der Waals surface area contributed by atoms with Crippen molar-refractivity contribution in [2.75, 3.05) is 13.1 Å². The number of hydrogen-bond donors (Lipinski definition) is 1. The van der Waals surface area contributed by atoms with Crippen LogP contribution in [0.3, 0.4) is 0 Å². The third-order valence-corrected chi connectivity index (χ3v) is 3.20. The minimum Gasteiger partial charge on any atom is -0.339 e. The molecule has 0 aromatic carbocycles. The number of hydrogen-bond acceptors (Lipinski definition) is 2. The van der Waals surface area contributed by atoms with E-state index in [2.05, 4.69) is 6.92 Å². The van der Waals surface area contributed by atoms with Crippen LogP contribution < -0.4 is 5.73 Å². The first-order chi connectivity index (χ1) is 7.55. The molecule has 1 aliphatic rings. The van der Waals surface area contributed by atoms with Crippen LogP contribution in [0, 0.1) is 0 Å². The molecule has 1 amide bonds. The fourth-order valence-electron chi connectivity index (χ4n) is 2.22. The van der Waals surface area contributed by atoms with Gasteiger partial charge in [-0.2, -0.15) is 0 Å². The highest BCUT2D eigenvalue weighted by atomic mass is 16.2. The summed E-state index contributed by atoms with van der Waals surface area (Å²) in [7, 11) is 0. The number of rotatable bonds is 7. The Balaban J connectivity index is 1.95. The van der Waals surface area contributed by atoms with Gasteiger partial charge in [-0.1, -0.05) is 39.0 Å². The van der Waals surface area contributed by atoms with Crippen molar-refractivity contribution < 1.29 is 4.79 Å². The first kappa shape index (κ1) is 13.5. The van der Waals surface area contributed by atoms with Gasteiger partial charge in [0.25, 0.3) is 0 Å². The van der Waals surface area contributed by atoms with Crippen molar-refractivity contribution in [2.45, 2.75) is 64.3 Å². The fourth-order valence-corrected chi connectivity index (χ4v) is 2.22. The molecule has 1 rings (SSSR count). The average Bonchev–Trinajstić information content (AvgIpc) is 2.19. The average molecular weight is 226 g/mol. The Kier molecular flexibility index (Phi) is 5.26. The predicted octanol–water partition coefficient (Wildman–Crippen LogP) is 2.30. The molecular formula is C13H26N2O. The van der Waals surface area contributed by atoms with E-state index in [1.165, 1.54) is 32.1 Å². The maximum atomic E-state index is 11.7. The Morgan fingerprint density at radius 1 is 1.19 bits per heavy atom. The van der Waals surface area contributed by atoms with Gasteiger partial charge in [-0.15, -0.1) is 0 Å². The summed E-state index contributed by atoms with van der Waals surface area (Å²) < 4.78 is 0. The van der Waals surface area contributed by atoms with Crippen molar-refractivity contribution in [1.82, 2.24) is 4.90 Å². The van der Waals surface area contributed by atoms with E-state index in [0.29, 0.717) is 12.3 Å². The van der Waals surface area contributed by atoms with Crippen molar-refractivity contribution in [3.05, 3.63) is 0 Å². The molecule has 0 aliphatic carbocycles. The van der Waals surface area contributed by atoms with Gasteiger partial charge in [0.2, 0.25) is 5.91 Å². The first-order valence-electron chi connectivity index (χ1n) is 6.62. The maximum Gasteiger partial charge on any atom is 0.222 e. The molecule has 0 aromatic heterocycles. The Bertz CT molecular complexity index is 218. The maximum absolute atomic E-state index is 11.7. The highest BCUT2D eigenvalue weighted by Crippen LogP contribution is 2.19. The molecule has 0 unspecified atom stereocenters. The van der Waals surface area contributed by atoms with Crippen molar-refractivity contribution >= 4 is 5.91 Å². The van der Waals surface area contributed by atoms with Crippen LogP contribution in [0.2, 0.25) is 0 Å². The van der Waals surface area contributed by atoms with Gasteiger partial charge in [-0.25, -0.2) is 0 Å². The lowest BCUT2D eigenvalue weighted by Crippen LogP contribution is -2.66. The SMILES string of the molecule is CCCCCCCCC(=O)N1CC(C)(N)C1. The number of amides is 1. The van der Waals surface area contributed by atoms with Gasteiger partial charge in [0.05, 0.1) is 0 Å². The van der Waals surface area contributed by atoms with Gasteiger partial charge in [0, 0.05) is 25.0 Å². The summed E-state index contributed by atoms with van der Waals surface area (Å²) in [5.74, 6) is 0.290. The molecule has 1 fully saturated rings. The van der Waals surface area contributed by atoms with Crippen LogP contribution in [-0.2, 0) is 4.79 Å². The van der Waals surface area contributed by atoms with Crippen LogP contribution in [0.25, 0.3) is 0 Å². The van der Waals surface area contributed by atoms with E-state index in [0.717, 1.165) is 19.5 Å². The molecule has 3 heteroatoms. The second kappa shape index (κ2) is 6.24. The topological polar surface area (TPSA) is 46.3 Å². The van der Waals surface area contributed by atoms with E-state index in [-0.39, 0.29) is 5.54 Å². The van der Waals surface area contributed by atoms with Crippen LogP contribution in [-0.4, -0.2) is 29.4 Å². The van der Waals surface area contributed by atoms with Crippen molar-refractivity contribution in [3.63, 3.8) is 0 Å². The summed E-state index contributed by atoms with van der Waals surface area (Å²) in [4.78, 5) is 13.6. The molecule has 1 saturated heterocycles. The van der Waals surface area contributed by atoms with Crippen LogP contribution in [0.1, 0.15) is 58.8 Å². The Hall–Kier alpha value is -0.570. The summed E-state index contributed by atoms with van der Waals surface area (Å²) in [6.07, 6.45) is 8.14. The van der Waals surface area contributed by atoms with Crippen LogP contribution in [0.5, 0.6) is 0 Å². The Morgan fingerprint density at radius 3 is 2.31 bits per heavy atom. The van der Waals surface area contributed by atoms with Gasteiger partial charge in [0.15, 0.2) is 0 Å². The molecule has 0 aromatic rings. The quantitative estimate of drug-likeness (QED) is 0.677. The van der Waals surface area contributed by atoms with E-state index in [9.17, 15) is 4.79 Å². The molecule has 94 valence electrons. The number of nitrogens with two attached hydrogens (primary N) is 1. The Labute approximate surface area is 99.4 Å². The monoisotopic (exact) mass is 226 g/mol. The van der Waals surface area contributed by atoms with Crippen molar-refractivity contribution in [3.8, 4) is 0 Å². The first-order valence-corrected chi connectivity index (χ1v) is 6.62. The van der Waals surface area contributed by atoms with Gasteiger partial charge >= 0.3 is 0 Å². The third-order valence-electron chi connectivity index (χ3n) is 3.20. The number of likely N-dealkylation sites (tertiary alicyclic amines) is 1. The summed E-state index contributed by atoms with van der Waals surface area (Å²) >= 11 is 0. The van der Waals surface area contributed by atoms with Gasteiger partial charge in [-0.3, -0.25) is 4.79 Å². The van der Waals surface area contributed by atoms with Crippen molar-refractivity contribution in [1.29, 1.82) is 0 Å². The smallest absolute Gasteiger partial charge is 0.222 e. The summed E-state index contributed by atoms with van der Waals surface area (Å²) in [6.45, 7) is 5.70. The molecule has 0 atom stereocenters. The molecular weight excluding hydrogens is 200 g/mol. The number of nitrogens with zero attached hydrogens (tertiary/aromatic N) is 1. The normalized spacial score (nSPS) is 18.3. The summed E-state index contributed by atoms with van der Waals surface area (Å²) in [6, 6.07) is 0. The standard InChI is InChI=1S/C13H26N2O/c1-3-4-5-6-7-8-9-12(16)15-10-13(2,14)11-15/h3-11,14H2,1-2H3. The highest BCUT2D eigenvalue weighted by molar-refractivity contribution is 5.77. The fraction of sp³-hybridized carbons (Fsp3) is 0.923. The van der Waals surface area contributed by atoms with Crippen LogP contribution in [0.4, 0.5) is 0 Å². The molecule has 0 bridgehead atoms. The molecule has 2 N–H and O–H groups in total. The predicted molar refractivity (Wildman–Crippen MR) is 67.2 cm³/mol. The zero-order valence-electron chi connectivity index (χ0n) is 10.8. The van der Waals surface area contributed by atoms with Gasteiger partial charge in [0.1, 0.15) is 0 Å². The summed E-state index contributed by atoms with van der Waals surface area (Å²) in [5, 5.41) is 0. The van der Waals surface area contributed by atoms with E-state index >= 15 is 0 Å². The minimum atomic E-state index is -0.128. The highest BCUT2D eigenvalue weighted by Gasteiger charge is 2.37. The largest absolute Gasteiger partial charge is 0.339 e. The second-order valence-corrected chi connectivity index (χ2v) is 5.42. The molecule has 0 radical (unpaired) electrons. The molecule has 16 heavy (non-hydrogen) atoms. The minimum absolute atomic E-state index is 0.128. The van der Waals surface area contributed by atoms with E-state index in [1.807, 2.05) is 11.8 Å². The lowest BCUT2D eigenvalue weighted by Gasteiger charge is -2.45. The van der Waals surface area contributed by atoms with E-state index in [4.69, 9.17) is 5.73 Å². The van der Waals surface area contributed by atoms with E-state index in [1.54, 1.807) is 0 Å². The molecule has 0 saturated carbocycles. The second-order valence-electron chi connectivity index (χ2n) is 5.42. The van der Waals surface area contributed by atoms with Gasteiger partial charge < -0.3 is 10.6 Å². The van der Waals surface area contributed by atoms with Crippen LogP contribution in [0.15, 0.2) is 0 Å². The molecule has 1 heterocycles. The lowest BCUT2D eigenvalue weighted by molar-refractivity contribution is -0.138. The zero-order chi connectivity index (χ0) is 12.0. The van der Waals surface area contributed by atoms with Crippen LogP contribution >= 0.6 is 0 Å². The zero-order valence-corrected chi connectivity index (χ0v) is 10.8. The molecule has 1 aliphatic heterocycles. The summed E-state index contributed by atoms with van der Waals surface area (Å²) in [5.41, 5.74) is 5.74.